The fourth-order valence-electron chi connectivity index (χ4n) is 2.10. The van der Waals surface area contributed by atoms with Gasteiger partial charge in [-0.15, -0.1) is 0 Å². The van der Waals surface area contributed by atoms with E-state index in [0.717, 1.165) is 25.0 Å². The van der Waals surface area contributed by atoms with Crippen molar-refractivity contribution in [2.24, 2.45) is 0 Å². The van der Waals surface area contributed by atoms with E-state index < -0.39 is 17.6 Å². The molecule has 23 heavy (non-hydrogen) atoms. The highest BCUT2D eigenvalue weighted by atomic mass is 19.4. The number of rotatable bonds is 7. The molecule has 0 heterocycles. The Morgan fingerprint density at radius 3 is 2.00 bits per heavy atom. The van der Waals surface area contributed by atoms with Crippen molar-refractivity contribution < 1.29 is 22.8 Å². The van der Waals surface area contributed by atoms with Crippen LogP contribution in [0.2, 0.25) is 0 Å². The Morgan fingerprint density at radius 1 is 1.04 bits per heavy atom. The van der Waals surface area contributed by atoms with E-state index in [1.54, 1.807) is 4.90 Å². The van der Waals surface area contributed by atoms with Crippen LogP contribution >= 0.6 is 0 Å². The van der Waals surface area contributed by atoms with Crippen molar-refractivity contribution in [3.05, 3.63) is 29.8 Å². The maximum absolute atomic E-state index is 12.5. The second-order valence-electron chi connectivity index (χ2n) is 5.18. The van der Waals surface area contributed by atoms with Gasteiger partial charge < -0.3 is 10.2 Å². The van der Waals surface area contributed by atoms with Crippen LogP contribution in [0.4, 0.5) is 18.9 Å². The largest absolute Gasteiger partial charge is 0.416 e. The van der Waals surface area contributed by atoms with Gasteiger partial charge in [0.2, 0.25) is 11.8 Å². The maximum atomic E-state index is 12.5. The Labute approximate surface area is 133 Å². The lowest BCUT2D eigenvalue weighted by atomic mass is 10.2. The average Bonchev–Trinajstić information content (AvgIpc) is 2.46. The molecule has 128 valence electrons. The monoisotopic (exact) mass is 330 g/mol. The molecule has 0 aliphatic rings. The molecule has 0 spiro atoms. The van der Waals surface area contributed by atoms with Gasteiger partial charge in [0.15, 0.2) is 0 Å². The van der Waals surface area contributed by atoms with Crippen LogP contribution < -0.4 is 5.32 Å². The van der Waals surface area contributed by atoms with Gasteiger partial charge in [-0.2, -0.15) is 13.2 Å². The molecule has 0 aliphatic carbocycles. The van der Waals surface area contributed by atoms with Gasteiger partial charge >= 0.3 is 6.18 Å². The first-order chi connectivity index (χ1) is 10.8. The molecule has 0 aliphatic heterocycles. The van der Waals surface area contributed by atoms with E-state index in [-0.39, 0.29) is 18.0 Å². The molecule has 0 radical (unpaired) electrons. The third-order valence-electron chi connectivity index (χ3n) is 3.15. The third-order valence-corrected chi connectivity index (χ3v) is 3.15. The molecule has 0 fully saturated rings. The van der Waals surface area contributed by atoms with Crippen molar-refractivity contribution in [1.82, 2.24) is 4.90 Å². The van der Waals surface area contributed by atoms with Crippen LogP contribution in [-0.4, -0.2) is 29.8 Å². The van der Waals surface area contributed by atoms with Crippen molar-refractivity contribution in [2.45, 2.75) is 39.3 Å². The van der Waals surface area contributed by atoms with E-state index >= 15 is 0 Å². The van der Waals surface area contributed by atoms with Crippen LogP contribution in [0.5, 0.6) is 0 Å². The number of amides is 2. The summed E-state index contributed by atoms with van der Waals surface area (Å²) in [7, 11) is 0. The zero-order valence-electron chi connectivity index (χ0n) is 13.2. The summed E-state index contributed by atoms with van der Waals surface area (Å²) in [5, 5.41) is 2.44. The van der Waals surface area contributed by atoms with E-state index in [1.807, 2.05) is 13.8 Å². The molecule has 0 bridgehead atoms. The van der Waals surface area contributed by atoms with E-state index in [2.05, 4.69) is 5.32 Å². The van der Waals surface area contributed by atoms with Crippen LogP contribution in [0.25, 0.3) is 0 Å². The molecule has 1 aromatic carbocycles. The highest BCUT2D eigenvalue weighted by Crippen LogP contribution is 2.29. The lowest BCUT2D eigenvalue weighted by Crippen LogP contribution is -2.35. The van der Waals surface area contributed by atoms with Crippen LogP contribution in [0.3, 0.4) is 0 Å². The number of benzene rings is 1. The first-order valence-corrected chi connectivity index (χ1v) is 7.52. The third kappa shape index (κ3) is 6.30. The quantitative estimate of drug-likeness (QED) is 0.775. The number of halogens is 3. The topological polar surface area (TPSA) is 49.4 Å². The highest BCUT2D eigenvalue weighted by Gasteiger charge is 2.30. The van der Waals surface area contributed by atoms with Crippen molar-refractivity contribution in [1.29, 1.82) is 0 Å². The molecule has 1 aromatic rings. The minimum atomic E-state index is -4.42. The van der Waals surface area contributed by atoms with Gasteiger partial charge in [-0.1, -0.05) is 13.8 Å². The lowest BCUT2D eigenvalue weighted by molar-refractivity contribution is -0.137. The summed E-state index contributed by atoms with van der Waals surface area (Å²) in [5.41, 5.74) is -0.558. The van der Waals surface area contributed by atoms with Crippen molar-refractivity contribution in [3.63, 3.8) is 0 Å². The van der Waals surface area contributed by atoms with E-state index in [1.165, 1.54) is 12.1 Å². The fourth-order valence-corrected chi connectivity index (χ4v) is 2.10. The fraction of sp³-hybridized carbons (Fsp3) is 0.500. The lowest BCUT2D eigenvalue weighted by Gasteiger charge is -2.21. The zero-order valence-corrected chi connectivity index (χ0v) is 13.2. The maximum Gasteiger partial charge on any atom is 0.416 e. The van der Waals surface area contributed by atoms with Crippen molar-refractivity contribution in [2.75, 3.05) is 18.4 Å². The zero-order chi connectivity index (χ0) is 17.5. The minimum Gasteiger partial charge on any atom is -0.342 e. The molecule has 2 amide bonds. The number of alkyl halides is 3. The molecule has 0 unspecified atom stereocenters. The van der Waals surface area contributed by atoms with Gasteiger partial charge in [-0.05, 0) is 37.1 Å². The van der Waals surface area contributed by atoms with Crippen LogP contribution in [0.15, 0.2) is 24.3 Å². The molecular formula is C16H21F3N2O2. The molecule has 7 heteroatoms. The number of hydrogen-bond acceptors (Lipinski definition) is 2. The Balaban J connectivity index is 2.60. The first kappa shape index (κ1) is 19.0. The van der Waals surface area contributed by atoms with Gasteiger partial charge in [0.05, 0.1) is 5.56 Å². The normalized spacial score (nSPS) is 11.2. The van der Waals surface area contributed by atoms with Gasteiger partial charge in [0.25, 0.3) is 0 Å². The van der Waals surface area contributed by atoms with E-state index in [4.69, 9.17) is 0 Å². The van der Waals surface area contributed by atoms with Crippen molar-refractivity contribution in [3.8, 4) is 0 Å². The molecule has 1 N–H and O–H groups in total. The number of carbonyl (C=O) groups is 2. The van der Waals surface area contributed by atoms with Crippen LogP contribution in [0, 0.1) is 0 Å². The molecule has 0 saturated heterocycles. The summed E-state index contributed by atoms with van der Waals surface area (Å²) in [6, 6.07) is 4.11. The summed E-state index contributed by atoms with van der Waals surface area (Å²) in [6.07, 6.45) is -3.14. The smallest absolute Gasteiger partial charge is 0.342 e. The standard InChI is InChI=1S/C16H21F3N2O2/c1-3-9-21(10-4-2)15(23)11-14(22)20-13-7-5-12(6-8-13)16(17,18)19/h5-8H,3-4,9-11H2,1-2H3,(H,20,22). The van der Waals surface area contributed by atoms with E-state index in [0.29, 0.717) is 13.1 Å². The SMILES string of the molecule is CCCN(CCC)C(=O)CC(=O)Nc1ccc(C(F)(F)F)cc1. The Bertz CT molecular complexity index is 521. The second-order valence-corrected chi connectivity index (χ2v) is 5.18. The Hall–Kier alpha value is -2.05. The van der Waals surface area contributed by atoms with Crippen LogP contribution in [-0.2, 0) is 15.8 Å². The number of hydrogen-bond donors (Lipinski definition) is 1. The van der Waals surface area contributed by atoms with Gasteiger partial charge in [0, 0.05) is 18.8 Å². The summed E-state index contributed by atoms with van der Waals surface area (Å²) in [4.78, 5) is 25.5. The second kappa shape index (κ2) is 8.55. The van der Waals surface area contributed by atoms with Gasteiger partial charge in [0.1, 0.15) is 6.42 Å². The summed E-state index contributed by atoms with van der Waals surface area (Å²) < 4.78 is 37.4. The molecule has 0 aromatic heterocycles. The molecular weight excluding hydrogens is 309 g/mol. The predicted octanol–water partition coefficient (Wildman–Crippen LogP) is 3.68. The van der Waals surface area contributed by atoms with Crippen LogP contribution in [0.1, 0.15) is 38.7 Å². The average molecular weight is 330 g/mol. The van der Waals surface area contributed by atoms with Gasteiger partial charge in [-0.25, -0.2) is 0 Å². The number of carbonyl (C=O) groups excluding carboxylic acids is 2. The van der Waals surface area contributed by atoms with Crippen molar-refractivity contribution >= 4 is 17.5 Å². The molecule has 1 rings (SSSR count). The Kier molecular flexibility index (Phi) is 7.06. The number of nitrogens with one attached hydrogen (secondary N) is 1. The number of nitrogens with zero attached hydrogens (tertiary/aromatic N) is 1. The molecule has 0 atom stereocenters. The summed E-state index contributed by atoms with van der Waals surface area (Å²) >= 11 is 0. The molecule has 0 saturated carbocycles. The number of anilines is 1. The summed E-state index contributed by atoms with van der Waals surface area (Å²) in [5.74, 6) is -0.815. The highest BCUT2D eigenvalue weighted by molar-refractivity contribution is 6.03. The predicted molar refractivity (Wildman–Crippen MR) is 81.9 cm³/mol. The Morgan fingerprint density at radius 2 is 1.57 bits per heavy atom. The van der Waals surface area contributed by atoms with Gasteiger partial charge in [-0.3, -0.25) is 9.59 Å². The summed E-state index contributed by atoms with van der Waals surface area (Å²) in [6.45, 7) is 5.05. The minimum absolute atomic E-state index is 0.230. The van der Waals surface area contributed by atoms with E-state index in [9.17, 15) is 22.8 Å². The molecule has 4 nitrogen and oxygen atoms in total. The first-order valence-electron chi connectivity index (χ1n) is 7.52.